The third-order valence-corrected chi connectivity index (χ3v) is 4.01. The Labute approximate surface area is 113 Å². The van der Waals surface area contributed by atoms with Gasteiger partial charge < -0.3 is 15.4 Å². The number of anilines is 1. The maximum Gasteiger partial charge on any atom is 0.219 e. The molecule has 0 saturated heterocycles. The largest absolute Gasteiger partial charge is 0.493 e. The van der Waals surface area contributed by atoms with E-state index in [1.54, 1.807) is 0 Å². The molecule has 0 bridgehead atoms. The third kappa shape index (κ3) is 2.27. The van der Waals surface area contributed by atoms with Crippen molar-refractivity contribution in [2.75, 3.05) is 25.0 Å². The Bertz CT molecular complexity index is 499. The molecule has 2 N–H and O–H groups in total. The number of hydrogen-bond acceptors (Lipinski definition) is 3. The van der Waals surface area contributed by atoms with E-state index >= 15 is 0 Å². The van der Waals surface area contributed by atoms with Crippen molar-refractivity contribution in [1.82, 2.24) is 5.32 Å². The summed E-state index contributed by atoms with van der Waals surface area (Å²) in [6, 6.07) is 4.18. The molecule has 19 heavy (non-hydrogen) atoms. The minimum atomic E-state index is 0.132. The topological polar surface area (TPSA) is 50.4 Å². The lowest BCUT2D eigenvalue weighted by molar-refractivity contribution is -0.120. The molecule has 3 rings (SSSR count). The van der Waals surface area contributed by atoms with Gasteiger partial charge in [0.2, 0.25) is 5.91 Å². The van der Waals surface area contributed by atoms with Crippen LogP contribution in [0.4, 0.5) is 5.69 Å². The van der Waals surface area contributed by atoms with Crippen LogP contribution < -0.4 is 15.4 Å². The number of carbonyl (C=O) groups excluding carboxylic acids is 1. The summed E-state index contributed by atoms with van der Waals surface area (Å²) in [4.78, 5) is 11.3. The molecular formula is C15H20N2O2. The number of ether oxygens (including phenoxy) is 1. The van der Waals surface area contributed by atoms with Crippen molar-refractivity contribution in [2.45, 2.75) is 32.1 Å². The fourth-order valence-corrected chi connectivity index (χ4v) is 3.01. The van der Waals surface area contributed by atoms with Crippen molar-refractivity contribution in [1.29, 1.82) is 0 Å². The van der Waals surface area contributed by atoms with Gasteiger partial charge in [-0.25, -0.2) is 0 Å². The maximum absolute atomic E-state index is 11.3. The van der Waals surface area contributed by atoms with Crippen LogP contribution in [0.1, 0.15) is 36.8 Å². The average Bonchev–Trinajstić information content (AvgIpc) is 3.03. The van der Waals surface area contributed by atoms with Crippen LogP contribution in [0.3, 0.4) is 0 Å². The van der Waals surface area contributed by atoms with Crippen LogP contribution in [0.2, 0.25) is 0 Å². The molecule has 1 aromatic rings. The Morgan fingerprint density at radius 2 is 2.42 bits per heavy atom. The molecule has 2 aliphatic heterocycles. The number of amides is 1. The van der Waals surface area contributed by atoms with Gasteiger partial charge in [0.05, 0.1) is 6.61 Å². The van der Waals surface area contributed by atoms with Crippen LogP contribution in [0.15, 0.2) is 12.1 Å². The second kappa shape index (κ2) is 5.11. The zero-order valence-corrected chi connectivity index (χ0v) is 11.3. The normalized spacial score (nSPS) is 19.3. The summed E-state index contributed by atoms with van der Waals surface area (Å²) in [5.74, 6) is 1.67. The van der Waals surface area contributed by atoms with Crippen molar-refractivity contribution >= 4 is 11.6 Å². The molecule has 4 nitrogen and oxygen atoms in total. The molecule has 0 spiro atoms. The van der Waals surface area contributed by atoms with E-state index in [1.165, 1.54) is 16.8 Å². The maximum atomic E-state index is 11.3. The molecule has 0 saturated carbocycles. The van der Waals surface area contributed by atoms with E-state index in [2.05, 4.69) is 22.8 Å². The Kier molecular flexibility index (Phi) is 3.32. The predicted octanol–water partition coefficient (Wildman–Crippen LogP) is 2.05. The quantitative estimate of drug-likeness (QED) is 0.871. The molecule has 0 radical (unpaired) electrons. The summed E-state index contributed by atoms with van der Waals surface area (Å²) in [5, 5.41) is 6.42. The molecule has 1 atom stereocenters. The Balaban J connectivity index is 1.71. The molecule has 1 amide bonds. The zero-order chi connectivity index (χ0) is 13.2. The summed E-state index contributed by atoms with van der Waals surface area (Å²) < 4.78 is 5.63. The minimum absolute atomic E-state index is 0.132. The van der Waals surface area contributed by atoms with E-state index in [9.17, 15) is 4.79 Å². The first-order chi connectivity index (χ1) is 9.29. The van der Waals surface area contributed by atoms with E-state index in [4.69, 9.17) is 4.74 Å². The molecule has 0 aliphatic carbocycles. The summed E-state index contributed by atoms with van der Waals surface area (Å²) in [6.07, 6.45) is 2.56. The van der Waals surface area contributed by atoms with Crippen LogP contribution >= 0.6 is 0 Å². The number of benzene rings is 1. The summed E-state index contributed by atoms with van der Waals surface area (Å²) in [6.45, 7) is 4.40. The molecule has 1 unspecified atom stereocenters. The first kappa shape index (κ1) is 12.3. The third-order valence-electron chi connectivity index (χ3n) is 4.01. The minimum Gasteiger partial charge on any atom is -0.493 e. The summed E-state index contributed by atoms with van der Waals surface area (Å²) in [5.41, 5.74) is 4.03. The standard InChI is InChI=1S/C15H20N2O2/c1-2-14(18)16-7-5-10-9-17-12-3-4-13-11(15(10)12)6-8-19-13/h3-4,10,17H,2,5-9H2,1H3,(H,16,18). The highest BCUT2D eigenvalue weighted by atomic mass is 16.5. The van der Waals surface area contributed by atoms with Crippen LogP contribution in [0.25, 0.3) is 0 Å². The van der Waals surface area contributed by atoms with Gasteiger partial charge in [-0.1, -0.05) is 6.92 Å². The summed E-state index contributed by atoms with van der Waals surface area (Å²) >= 11 is 0. The van der Waals surface area contributed by atoms with Gasteiger partial charge in [-0.3, -0.25) is 4.79 Å². The summed E-state index contributed by atoms with van der Waals surface area (Å²) in [7, 11) is 0. The van der Waals surface area contributed by atoms with E-state index < -0.39 is 0 Å². The van der Waals surface area contributed by atoms with Crippen LogP contribution in [-0.4, -0.2) is 25.6 Å². The van der Waals surface area contributed by atoms with E-state index in [0.717, 1.165) is 38.3 Å². The smallest absolute Gasteiger partial charge is 0.219 e. The highest BCUT2D eigenvalue weighted by Crippen LogP contribution is 2.42. The van der Waals surface area contributed by atoms with E-state index in [1.807, 2.05) is 6.92 Å². The van der Waals surface area contributed by atoms with Gasteiger partial charge in [0.1, 0.15) is 5.75 Å². The Morgan fingerprint density at radius 1 is 1.53 bits per heavy atom. The fourth-order valence-electron chi connectivity index (χ4n) is 3.01. The Hall–Kier alpha value is -1.71. The van der Waals surface area contributed by atoms with Crippen molar-refractivity contribution in [2.24, 2.45) is 0 Å². The second-order valence-corrected chi connectivity index (χ2v) is 5.17. The average molecular weight is 260 g/mol. The molecule has 102 valence electrons. The highest BCUT2D eigenvalue weighted by molar-refractivity contribution is 5.75. The number of fused-ring (bicyclic) bond motifs is 3. The predicted molar refractivity (Wildman–Crippen MR) is 74.8 cm³/mol. The van der Waals surface area contributed by atoms with Gasteiger partial charge in [-0.15, -0.1) is 0 Å². The zero-order valence-electron chi connectivity index (χ0n) is 11.3. The van der Waals surface area contributed by atoms with Gasteiger partial charge in [-0.05, 0) is 24.1 Å². The monoisotopic (exact) mass is 260 g/mol. The molecular weight excluding hydrogens is 240 g/mol. The first-order valence-electron chi connectivity index (χ1n) is 7.08. The van der Waals surface area contributed by atoms with Gasteiger partial charge in [0, 0.05) is 43.1 Å². The molecule has 4 heteroatoms. The molecule has 0 fully saturated rings. The number of carbonyl (C=O) groups is 1. The van der Waals surface area contributed by atoms with Crippen LogP contribution in [0.5, 0.6) is 5.75 Å². The van der Waals surface area contributed by atoms with Crippen molar-refractivity contribution < 1.29 is 9.53 Å². The number of rotatable bonds is 4. The lowest BCUT2D eigenvalue weighted by Crippen LogP contribution is -2.25. The molecule has 2 heterocycles. The van der Waals surface area contributed by atoms with Gasteiger partial charge in [0.15, 0.2) is 0 Å². The van der Waals surface area contributed by atoms with Crippen molar-refractivity contribution in [3.63, 3.8) is 0 Å². The number of nitrogens with one attached hydrogen (secondary N) is 2. The van der Waals surface area contributed by atoms with Crippen LogP contribution in [0, 0.1) is 0 Å². The molecule has 2 aliphatic rings. The van der Waals surface area contributed by atoms with Gasteiger partial charge in [-0.2, -0.15) is 0 Å². The molecule has 1 aromatic carbocycles. The lowest BCUT2D eigenvalue weighted by atomic mass is 9.92. The lowest BCUT2D eigenvalue weighted by Gasteiger charge is -2.13. The second-order valence-electron chi connectivity index (χ2n) is 5.17. The van der Waals surface area contributed by atoms with Gasteiger partial charge in [0.25, 0.3) is 0 Å². The molecule has 0 aromatic heterocycles. The van der Waals surface area contributed by atoms with Crippen molar-refractivity contribution in [3.8, 4) is 5.75 Å². The SMILES string of the molecule is CCC(=O)NCCC1CNc2ccc3c(c21)CCO3. The van der Waals surface area contributed by atoms with E-state index in [0.29, 0.717) is 12.3 Å². The first-order valence-corrected chi connectivity index (χ1v) is 7.08. The fraction of sp³-hybridized carbons (Fsp3) is 0.533. The van der Waals surface area contributed by atoms with Crippen LogP contribution in [-0.2, 0) is 11.2 Å². The Morgan fingerprint density at radius 3 is 3.26 bits per heavy atom. The highest BCUT2D eigenvalue weighted by Gasteiger charge is 2.29. The van der Waals surface area contributed by atoms with Gasteiger partial charge >= 0.3 is 0 Å². The van der Waals surface area contributed by atoms with E-state index in [-0.39, 0.29) is 5.91 Å². The van der Waals surface area contributed by atoms with Crippen molar-refractivity contribution in [3.05, 3.63) is 23.3 Å². The number of hydrogen-bond donors (Lipinski definition) is 2.